The number of hydrogen-bond acceptors (Lipinski definition) is 3. The fraction of sp³-hybridized carbons (Fsp3) is 0.364. The second-order valence-corrected chi connectivity index (χ2v) is 9.66. The highest BCUT2D eigenvalue weighted by Gasteiger charge is 2.22. The van der Waals surface area contributed by atoms with E-state index in [2.05, 4.69) is 61.5 Å². The van der Waals surface area contributed by atoms with Crippen LogP contribution in [0.3, 0.4) is 0 Å². The molecule has 1 aliphatic rings. The number of carboxylic acids is 1. The molecule has 4 rings (SSSR count). The molecule has 194 valence electrons. The van der Waals surface area contributed by atoms with Gasteiger partial charge < -0.3 is 14.6 Å². The van der Waals surface area contributed by atoms with Crippen LogP contribution in [0.15, 0.2) is 78.9 Å². The molecule has 0 heterocycles. The Kier molecular flexibility index (Phi) is 9.96. The molecule has 3 aromatic carbocycles. The largest absolute Gasteiger partial charge is 0.494 e. The third kappa shape index (κ3) is 7.33. The van der Waals surface area contributed by atoms with E-state index in [0.717, 1.165) is 37.0 Å². The number of fused-ring (bicyclic) bond motifs is 3. The van der Waals surface area contributed by atoms with Crippen molar-refractivity contribution in [3.8, 4) is 16.9 Å². The minimum atomic E-state index is -0.907. The molecule has 37 heavy (non-hydrogen) atoms. The first-order valence-corrected chi connectivity index (χ1v) is 13.6. The highest BCUT2D eigenvalue weighted by Crippen LogP contribution is 2.43. The quantitative estimate of drug-likeness (QED) is 0.169. The summed E-state index contributed by atoms with van der Waals surface area (Å²) >= 11 is 0. The Morgan fingerprint density at radius 2 is 1.41 bits per heavy atom. The molecule has 0 spiro atoms. The molecule has 3 aromatic rings. The van der Waals surface area contributed by atoms with E-state index < -0.39 is 12.1 Å². The van der Waals surface area contributed by atoms with Crippen molar-refractivity contribution in [3.63, 3.8) is 0 Å². The average Bonchev–Trinajstić information content (AvgIpc) is 3.24. The number of benzene rings is 3. The van der Waals surface area contributed by atoms with Crippen molar-refractivity contribution in [2.24, 2.45) is 0 Å². The van der Waals surface area contributed by atoms with Gasteiger partial charge in [0, 0.05) is 13.0 Å². The third-order valence-corrected chi connectivity index (χ3v) is 6.88. The lowest BCUT2D eigenvalue weighted by Crippen LogP contribution is -2.26. The molecule has 0 saturated carbocycles. The molecule has 0 aliphatic heterocycles. The van der Waals surface area contributed by atoms with Crippen LogP contribution >= 0.6 is 0 Å². The van der Waals surface area contributed by atoms with E-state index in [0.29, 0.717) is 19.6 Å². The van der Waals surface area contributed by atoms with Crippen LogP contribution in [0, 0.1) is 0 Å². The van der Waals surface area contributed by atoms with Crippen LogP contribution in [-0.2, 0) is 16.0 Å². The molecule has 0 aromatic heterocycles. The van der Waals surface area contributed by atoms with Gasteiger partial charge in [-0.25, -0.2) is 4.79 Å². The van der Waals surface area contributed by atoms with Gasteiger partial charge in [-0.3, -0.25) is 0 Å². The molecule has 0 amide bonds. The number of hydrogen-bond donors (Lipinski definition) is 1. The minimum Gasteiger partial charge on any atom is -0.494 e. The summed E-state index contributed by atoms with van der Waals surface area (Å²) in [5.41, 5.74) is 7.48. The van der Waals surface area contributed by atoms with E-state index in [9.17, 15) is 9.90 Å². The number of carboxylic acid groups (broad SMARTS) is 1. The summed E-state index contributed by atoms with van der Waals surface area (Å²) in [6.07, 6.45) is 9.33. The monoisotopic (exact) mass is 498 g/mol. The van der Waals surface area contributed by atoms with Gasteiger partial charge in [0.2, 0.25) is 0 Å². The first kappa shape index (κ1) is 26.7. The lowest BCUT2D eigenvalue weighted by Gasteiger charge is -2.14. The maximum absolute atomic E-state index is 11.6. The van der Waals surface area contributed by atoms with Gasteiger partial charge in [-0.05, 0) is 64.8 Å². The zero-order valence-electron chi connectivity index (χ0n) is 21.8. The molecule has 1 aliphatic carbocycles. The fourth-order valence-corrected chi connectivity index (χ4v) is 4.88. The van der Waals surface area contributed by atoms with E-state index >= 15 is 0 Å². The lowest BCUT2D eigenvalue weighted by molar-refractivity contribution is -0.150. The maximum Gasteiger partial charge on any atom is 0.333 e. The fourth-order valence-electron chi connectivity index (χ4n) is 4.88. The zero-order chi connectivity index (χ0) is 25.9. The standard InChI is InChI=1S/C33H38O4/c1-2-3-4-5-11-23-37-32(33(34)35)24-25-18-20-26(21-19-25)36-22-12-10-17-31-29-15-8-6-13-27(29)28-14-7-9-16-30(28)31/h6-9,13-21,32H,2-5,10-12,22-24H2,1H3,(H,34,35). The van der Waals surface area contributed by atoms with Gasteiger partial charge in [-0.15, -0.1) is 0 Å². The first-order chi connectivity index (χ1) is 18.2. The number of carbonyl (C=O) groups is 1. The van der Waals surface area contributed by atoms with E-state index in [4.69, 9.17) is 9.47 Å². The normalized spacial score (nSPS) is 12.6. The van der Waals surface area contributed by atoms with Crippen molar-refractivity contribution < 1.29 is 19.4 Å². The molecule has 1 atom stereocenters. The Labute approximate surface area is 221 Å². The number of unbranched alkanes of at least 4 members (excludes halogenated alkanes) is 5. The molecule has 1 unspecified atom stereocenters. The van der Waals surface area contributed by atoms with Crippen molar-refractivity contribution in [3.05, 3.63) is 95.6 Å². The summed E-state index contributed by atoms with van der Waals surface area (Å²) in [6, 6.07) is 24.9. The molecular weight excluding hydrogens is 460 g/mol. The Hall–Kier alpha value is -3.37. The van der Waals surface area contributed by atoms with Gasteiger partial charge in [0.1, 0.15) is 5.75 Å². The summed E-state index contributed by atoms with van der Waals surface area (Å²) < 4.78 is 11.6. The molecule has 0 fully saturated rings. The summed E-state index contributed by atoms with van der Waals surface area (Å²) in [4.78, 5) is 11.6. The molecule has 0 saturated heterocycles. The summed E-state index contributed by atoms with van der Waals surface area (Å²) in [6.45, 7) is 3.31. The van der Waals surface area contributed by atoms with E-state index in [-0.39, 0.29) is 0 Å². The number of aliphatic carboxylic acids is 1. The number of ether oxygens (including phenoxy) is 2. The Morgan fingerprint density at radius 3 is 2.03 bits per heavy atom. The van der Waals surface area contributed by atoms with Crippen LogP contribution in [0.2, 0.25) is 0 Å². The van der Waals surface area contributed by atoms with Gasteiger partial charge in [0.15, 0.2) is 6.10 Å². The Bertz CT molecular complexity index is 1130. The smallest absolute Gasteiger partial charge is 0.333 e. The van der Waals surface area contributed by atoms with Gasteiger partial charge >= 0.3 is 5.97 Å². The molecule has 4 heteroatoms. The molecule has 4 nitrogen and oxygen atoms in total. The molecule has 0 radical (unpaired) electrons. The molecule has 0 bridgehead atoms. The predicted molar refractivity (Wildman–Crippen MR) is 150 cm³/mol. The summed E-state index contributed by atoms with van der Waals surface area (Å²) in [7, 11) is 0. The highest BCUT2D eigenvalue weighted by molar-refractivity contribution is 6.01. The van der Waals surface area contributed by atoms with Crippen LogP contribution in [0.1, 0.15) is 68.6 Å². The van der Waals surface area contributed by atoms with Crippen molar-refractivity contribution in [2.75, 3.05) is 13.2 Å². The van der Waals surface area contributed by atoms with Crippen molar-refractivity contribution >= 4 is 11.5 Å². The van der Waals surface area contributed by atoms with Crippen LogP contribution in [0.4, 0.5) is 0 Å². The molecule has 1 N–H and O–H groups in total. The van der Waals surface area contributed by atoms with E-state index in [1.54, 1.807) is 0 Å². The average molecular weight is 499 g/mol. The second kappa shape index (κ2) is 13.8. The van der Waals surface area contributed by atoms with Crippen LogP contribution < -0.4 is 4.74 Å². The van der Waals surface area contributed by atoms with Gasteiger partial charge in [0.25, 0.3) is 0 Å². The van der Waals surface area contributed by atoms with Crippen LogP contribution in [0.5, 0.6) is 5.75 Å². The number of allylic oxidation sites excluding steroid dienone is 1. The van der Waals surface area contributed by atoms with Crippen LogP contribution in [0.25, 0.3) is 16.7 Å². The SMILES string of the molecule is CCCCCCCOC(Cc1ccc(OCCCC=C2c3ccccc3-c3ccccc32)cc1)C(=O)O. The minimum absolute atomic E-state index is 0.362. The van der Waals surface area contributed by atoms with Crippen molar-refractivity contribution in [2.45, 2.75) is 64.4 Å². The summed E-state index contributed by atoms with van der Waals surface area (Å²) in [5.74, 6) is -0.104. The molecular formula is C33H38O4. The first-order valence-electron chi connectivity index (χ1n) is 13.6. The Balaban J connectivity index is 1.22. The van der Waals surface area contributed by atoms with E-state index in [1.165, 1.54) is 47.1 Å². The van der Waals surface area contributed by atoms with Gasteiger partial charge in [-0.2, -0.15) is 0 Å². The topological polar surface area (TPSA) is 55.8 Å². The lowest BCUT2D eigenvalue weighted by atomic mass is 10.0. The van der Waals surface area contributed by atoms with Crippen molar-refractivity contribution in [1.29, 1.82) is 0 Å². The van der Waals surface area contributed by atoms with Crippen LogP contribution in [-0.4, -0.2) is 30.4 Å². The number of rotatable bonds is 15. The maximum atomic E-state index is 11.6. The van der Waals surface area contributed by atoms with Gasteiger partial charge in [0.05, 0.1) is 6.61 Å². The third-order valence-electron chi connectivity index (χ3n) is 6.88. The van der Waals surface area contributed by atoms with Gasteiger partial charge in [-0.1, -0.05) is 99.3 Å². The second-order valence-electron chi connectivity index (χ2n) is 9.66. The van der Waals surface area contributed by atoms with Crippen molar-refractivity contribution in [1.82, 2.24) is 0 Å². The highest BCUT2D eigenvalue weighted by atomic mass is 16.5. The Morgan fingerprint density at radius 1 is 0.784 bits per heavy atom. The predicted octanol–water partition coefficient (Wildman–Crippen LogP) is 7.94. The van der Waals surface area contributed by atoms with E-state index in [1.807, 2.05) is 24.3 Å². The summed E-state index contributed by atoms with van der Waals surface area (Å²) in [5, 5.41) is 9.53. The zero-order valence-corrected chi connectivity index (χ0v) is 21.8.